The minimum absolute atomic E-state index is 0.0701. The van der Waals surface area contributed by atoms with E-state index in [-0.39, 0.29) is 6.04 Å². The third kappa shape index (κ3) is 3.27. The first-order chi connectivity index (χ1) is 10.6. The van der Waals surface area contributed by atoms with Gasteiger partial charge in [-0.25, -0.2) is 8.78 Å². The van der Waals surface area contributed by atoms with Crippen LogP contribution in [0.3, 0.4) is 0 Å². The van der Waals surface area contributed by atoms with Crippen molar-refractivity contribution >= 4 is 21.6 Å². The summed E-state index contributed by atoms with van der Waals surface area (Å²) in [6, 6.07) is 8.10. The van der Waals surface area contributed by atoms with Crippen molar-refractivity contribution in [3.63, 3.8) is 0 Å². The van der Waals surface area contributed by atoms with Gasteiger partial charge in [-0.15, -0.1) is 0 Å². The van der Waals surface area contributed by atoms with Gasteiger partial charge in [-0.2, -0.15) is 0 Å². The molecule has 4 heteroatoms. The van der Waals surface area contributed by atoms with Gasteiger partial charge in [0.25, 0.3) is 0 Å². The largest absolute Gasteiger partial charge is 0.281 e. The predicted molar refractivity (Wildman–Crippen MR) is 89.4 cm³/mol. The number of allylic oxidation sites excluding steroid dienone is 5. The number of rotatable bonds is 2. The second-order valence-electron chi connectivity index (χ2n) is 5.46. The summed E-state index contributed by atoms with van der Waals surface area (Å²) in [4.78, 5) is 4.81. The van der Waals surface area contributed by atoms with Crippen molar-refractivity contribution in [3.05, 3.63) is 69.8 Å². The van der Waals surface area contributed by atoms with Gasteiger partial charge in [0.1, 0.15) is 0 Å². The lowest BCUT2D eigenvalue weighted by Gasteiger charge is -2.12. The van der Waals surface area contributed by atoms with Crippen molar-refractivity contribution in [1.82, 2.24) is 0 Å². The molecule has 1 aromatic carbocycles. The van der Waals surface area contributed by atoms with Gasteiger partial charge in [0, 0.05) is 15.7 Å². The van der Waals surface area contributed by atoms with E-state index < -0.39 is 11.7 Å². The molecule has 1 aliphatic heterocycles. The Kier molecular flexibility index (Phi) is 4.67. The molecule has 1 aliphatic carbocycles. The fraction of sp³-hybridized carbons (Fsp3) is 0.278. The van der Waals surface area contributed by atoms with Gasteiger partial charge >= 0.3 is 0 Å². The number of hydrogen-bond acceptors (Lipinski definition) is 1. The first kappa shape index (κ1) is 15.3. The lowest BCUT2D eigenvalue weighted by Crippen LogP contribution is -2.05. The van der Waals surface area contributed by atoms with Crippen molar-refractivity contribution in [1.29, 1.82) is 0 Å². The smallest absolute Gasteiger partial charge is 0.158 e. The maximum Gasteiger partial charge on any atom is 0.158 e. The van der Waals surface area contributed by atoms with E-state index in [0.717, 1.165) is 34.2 Å². The molecule has 0 saturated heterocycles. The van der Waals surface area contributed by atoms with Gasteiger partial charge in [0.2, 0.25) is 0 Å². The van der Waals surface area contributed by atoms with Crippen LogP contribution >= 0.6 is 15.9 Å². The van der Waals surface area contributed by atoms with Crippen LogP contribution in [0.1, 0.15) is 31.2 Å². The summed E-state index contributed by atoms with van der Waals surface area (Å²) in [5, 5.41) is 0. The van der Waals surface area contributed by atoms with Crippen LogP contribution < -0.4 is 0 Å². The lowest BCUT2D eigenvalue weighted by molar-refractivity contribution is 0.539. The van der Waals surface area contributed by atoms with Crippen LogP contribution in [0.2, 0.25) is 0 Å². The zero-order chi connectivity index (χ0) is 15.5. The molecule has 1 heterocycles. The van der Waals surface area contributed by atoms with Crippen LogP contribution in [-0.2, 0) is 0 Å². The molecule has 0 saturated carbocycles. The number of halogens is 3. The maximum absolute atomic E-state index is 13.4. The zero-order valence-corrected chi connectivity index (χ0v) is 13.6. The van der Waals surface area contributed by atoms with Crippen LogP contribution in [0.25, 0.3) is 0 Å². The molecule has 1 unspecified atom stereocenters. The molecule has 2 aliphatic rings. The fourth-order valence-electron chi connectivity index (χ4n) is 2.84. The average Bonchev–Trinajstić information content (AvgIpc) is 2.98. The normalized spacial score (nSPS) is 29.3. The van der Waals surface area contributed by atoms with Crippen LogP contribution in [0, 0.1) is 0 Å². The Morgan fingerprint density at radius 2 is 1.86 bits per heavy atom. The van der Waals surface area contributed by atoms with Crippen LogP contribution in [0.4, 0.5) is 8.78 Å². The highest BCUT2D eigenvalue weighted by atomic mass is 79.9. The van der Waals surface area contributed by atoms with E-state index in [1.165, 1.54) is 12.2 Å². The highest BCUT2D eigenvalue weighted by Crippen LogP contribution is 2.30. The Morgan fingerprint density at radius 1 is 1.05 bits per heavy atom. The standard InChI is InChI=1S/C18H16BrF2N/c19-14-6-2-1-5-13(14)18-11-10-17(22-18)12-4-3-7-15(20)16(21)9-8-12/h1-2,5-9,17H,3-4,10-11H2/b12-8+,15-7+,16-9+. The van der Waals surface area contributed by atoms with E-state index >= 15 is 0 Å². The highest BCUT2D eigenvalue weighted by Gasteiger charge is 2.23. The van der Waals surface area contributed by atoms with Gasteiger partial charge in [-0.3, -0.25) is 4.99 Å². The SMILES string of the molecule is FC1=C/C=C(/C2CCC(c3ccccc3Br)=N2)CC/C=C\1F. The molecule has 1 atom stereocenters. The first-order valence-electron chi connectivity index (χ1n) is 7.39. The monoisotopic (exact) mass is 363 g/mol. The Hall–Kier alpha value is -1.55. The van der Waals surface area contributed by atoms with E-state index in [1.807, 2.05) is 18.2 Å². The van der Waals surface area contributed by atoms with E-state index in [0.29, 0.717) is 12.8 Å². The van der Waals surface area contributed by atoms with Crippen molar-refractivity contribution in [2.24, 2.45) is 4.99 Å². The number of hydrogen-bond donors (Lipinski definition) is 0. The van der Waals surface area contributed by atoms with E-state index in [4.69, 9.17) is 4.99 Å². The fourth-order valence-corrected chi connectivity index (χ4v) is 3.36. The summed E-state index contributed by atoms with van der Waals surface area (Å²) < 4.78 is 27.6. The summed E-state index contributed by atoms with van der Waals surface area (Å²) in [6.45, 7) is 0. The molecule has 0 fully saturated rings. The molecule has 0 spiro atoms. The van der Waals surface area contributed by atoms with Crippen molar-refractivity contribution in [2.75, 3.05) is 0 Å². The predicted octanol–water partition coefficient (Wildman–Crippen LogP) is 5.83. The quantitative estimate of drug-likeness (QED) is 0.626. The lowest BCUT2D eigenvalue weighted by atomic mass is 9.97. The number of benzene rings is 1. The molecule has 22 heavy (non-hydrogen) atoms. The van der Waals surface area contributed by atoms with E-state index in [2.05, 4.69) is 22.0 Å². The topological polar surface area (TPSA) is 12.4 Å². The summed E-state index contributed by atoms with van der Waals surface area (Å²) in [5.41, 5.74) is 3.26. The van der Waals surface area contributed by atoms with Gasteiger partial charge in [-0.05, 0) is 49.5 Å². The molecule has 3 rings (SSSR count). The zero-order valence-electron chi connectivity index (χ0n) is 12.0. The molecule has 0 radical (unpaired) electrons. The Morgan fingerprint density at radius 3 is 2.68 bits per heavy atom. The average molecular weight is 364 g/mol. The van der Waals surface area contributed by atoms with Gasteiger partial charge in [0.15, 0.2) is 11.7 Å². The summed E-state index contributed by atoms with van der Waals surface area (Å²) >= 11 is 3.56. The van der Waals surface area contributed by atoms with E-state index in [9.17, 15) is 8.78 Å². The van der Waals surface area contributed by atoms with Crippen LogP contribution in [0.15, 0.2) is 69.2 Å². The summed E-state index contributed by atoms with van der Waals surface area (Å²) in [5.74, 6) is -1.57. The number of nitrogens with zero attached hydrogens (tertiary/aromatic N) is 1. The minimum atomic E-state index is -0.801. The third-order valence-corrected chi connectivity index (χ3v) is 4.70. The van der Waals surface area contributed by atoms with Crippen molar-refractivity contribution in [2.45, 2.75) is 31.7 Å². The second-order valence-corrected chi connectivity index (χ2v) is 6.31. The summed E-state index contributed by atoms with van der Waals surface area (Å²) in [7, 11) is 0. The minimum Gasteiger partial charge on any atom is -0.281 e. The number of aliphatic imine (C=N–C) groups is 1. The Bertz CT molecular complexity index is 701. The molecule has 1 nitrogen and oxygen atoms in total. The summed E-state index contributed by atoms with van der Waals surface area (Å²) in [6.07, 6.45) is 7.27. The van der Waals surface area contributed by atoms with Crippen LogP contribution in [0.5, 0.6) is 0 Å². The molecule has 0 amide bonds. The van der Waals surface area contributed by atoms with Gasteiger partial charge in [-0.1, -0.05) is 40.2 Å². The molecular weight excluding hydrogens is 348 g/mol. The Labute approximate surface area is 137 Å². The molecule has 0 aromatic heterocycles. The first-order valence-corrected chi connectivity index (χ1v) is 8.18. The second kappa shape index (κ2) is 6.69. The molecule has 114 valence electrons. The molecule has 0 bridgehead atoms. The van der Waals surface area contributed by atoms with Gasteiger partial charge < -0.3 is 0 Å². The molecular formula is C18H16BrF2N. The molecule has 0 N–H and O–H groups in total. The maximum atomic E-state index is 13.4. The van der Waals surface area contributed by atoms with Crippen molar-refractivity contribution in [3.8, 4) is 0 Å². The Balaban J connectivity index is 1.84. The van der Waals surface area contributed by atoms with Gasteiger partial charge in [0.05, 0.1) is 6.04 Å². The van der Waals surface area contributed by atoms with E-state index in [1.54, 1.807) is 6.08 Å². The highest BCUT2D eigenvalue weighted by molar-refractivity contribution is 9.10. The van der Waals surface area contributed by atoms with Crippen LogP contribution in [-0.4, -0.2) is 11.8 Å². The third-order valence-electron chi connectivity index (χ3n) is 4.01. The molecule has 1 aromatic rings. The van der Waals surface area contributed by atoms with Crippen molar-refractivity contribution < 1.29 is 8.78 Å².